The number of thioether (sulfide) groups is 1. The van der Waals surface area contributed by atoms with Crippen molar-refractivity contribution in [2.75, 3.05) is 18.4 Å². The smallest absolute Gasteiger partial charge is 0.242 e. The number of carbonyl (C=O) groups excluding carboxylic acids is 1. The topological polar surface area (TPSA) is 32.3 Å². The van der Waals surface area contributed by atoms with Crippen LogP contribution < -0.4 is 5.32 Å². The molecular formula is C19H21FN2OS2. The van der Waals surface area contributed by atoms with Crippen LogP contribution in [-0.2, 0) is 4.79 Å². The predicted molar refractivity (Wildman–Crippen MR) is 107 cm³/mol. The van der Waals surface area contributed by atoms with Crippen LogP contribution in [0.4, 0.5) is 10.1 Å². The highest BCUT2D eigenvalue weighted by molar-refractivity contribution is 8.23. The van der Waals surface area contributed by atoms with Gasteiger partial charge in [-0.15, -0.1) is 0 Å². The van der Waals surface area contributed by atoms with Gasteiger partial charge in [-0.3, -0.25) is 4.79 Å². The molecule has 132 valence electrons. The Balaban J connectivity index is 2.20. The molecule has 0 aliphatic heterocycles. The standard InChI is InChI=1S/C19H21FN2OS2/c1-3-22(4-2)19(24)25-17(14-8-6-5-7-9-14)18(23)21-16-12-10-15(20)11-13-16/h5-13,17H,3-4H2,1-2H3,(H,21,23)/t17-/m1/s1. The van der Waals surface area contributed by atoms with Crippen molar-refractivity contribution in [3.05, 3.63) is 66.0 Å². The highest BCUT2D eigenvalue weighted by atomic mass is 32.2. The van der Waals surface area contributed by atoms with E-state index in [1.807, 2.05) is 49.1 Å². The van der Waals surface area contributed by atoms with Gasteiger partial charge < -0.3 is 10.2 Å². The molecule has 0 aliphatic rings. The van der Waals surface area contributed by atoms with E-state index in [9.17, 15) is 9.18 Å². The monoisotopic (exact) mass is 376 g/mol. The molecule has 0 unspecified atom stereocenters. The fraction of sp³-hybridized carbons (Fsp3) is 0.263. The van der Waals surface area contributed by atoms with Gasteiger partial charge in [0.05, 0.1) is 0 Å². The molecule has 0 aliphatic carbocycles. The number of hydrogen-bond acceptors (Lipinski definition) is 3. The second-order valence-corrected chi connectivity index (χ2v) is 7.08. The fourth-order valence-corrected chi connectivity index (χ4v) is 3.91. The van der Waals surface area contributed by atoms with Crippen LogP contribution in [0.15, 0.2) is 54.6 Å². The Bertz CT molecular complexity index is 703. The molecule has 3 nitrogen and oxygen atoms in total. The van der Waals surface area contributed by atoms with E-state index in [0.29, 0.717) is 10.0 Å². The SMILES string of the molecule is CCN(CC)C(=S)S[C@@H](C(=O)Nc1ccc(F)cc1)c1ccccc1. The lowest BCUT2D eigenvalue weighted by Crippen LogP contribution is -2.29. The summed E-state index contributed by atoms with van der Waals surface area (Å²) in [6.45, 7) is 5.66. The van der Waals surface area contributed by atoms with E-state index >= 15 is 0 Å². The van der Waals surface area contributed by atoms with Gasteiger partial charge in [0.2, 0.25) is 5.91 Å². The van der Waals surface area contributed by atoms with E-state index in [2.05, 4.69) is 5.32 Å². The predicted octanol–water partition coefficient (Wildman–Crippen LogP) is 4.87. The van der Waals surface area contributed by atoms with Gasteiger partial charge in [-0.05, 0) is 43.7 Å². The molecular weight excluding hydrogens is 355 g/mol. The second kappa shape index (κ2) is 9.53. The van der Waals surface area contributed by atoms with Crippen LogP contribution in [0.25, 0.3) is 0 Å². The Kier molecular flexibility index (Phi) is 7.40. The first-order valence-electron chi connectivity index (χ1n) is 8.12. The molecule has 0 saturated carbocycles. The Morgan fingerprint density at radius 3 is 2.28 bits per heavy atom. The minimum atomic E-state index is -0.473. The first kappa shape index (κ1) is 19.4. The number of benzene rings is 2. The Labute approximate surface area is 157 Å². The van der Waals surface area contributed by atoms with E-state index in [0.717, 1.165) is 18.7 Å². The number of thiocarbonyl (C=S) groups is 1. The molecule has 1 atom stereocenters. The number of carbonyl (C=O) groups is 1. The Hall–Kier alpha value is -1.92. The maximum Gasteiger partial charge on any atom is 0.242 e. The molecule has 2 aromatic rings. The normalized spacial score (nSPS) is 11.6. The molecule has 1 amide bonds. The fourth-order valence-electron chi connectivity index (χ4n) is 2.30. The number of halogens is 1. The van der Waals surface area contributed by atoms with Crippen LogP contribution in [0.5, 0.6) is 0 Å². The average molecular weight is 377 g/mol. The quantitative estimate of drug-likeness (QED) is 0.730. The van der Waals surface area contributed by atoms with Crippen LogP contribution in [-0.4, -0.2) is 28.2 Å². The van der Waals surface area contributed by atoms with E-state index in [1.165, 1.54) is 23.9 Å². The van der Waals surface area contributed by atoms with E-state index < -0.39 is 5.25 Å². The maximum atomic E-state index is 13.0. The number of nitrogens with zero attached hydrogens (tertiary/aromatic N) is 1. The molecule has 0 fully saturated rings. The summed E-state index contributed by atoms with van der Waals surface area (Å²) in [4.78, 5) is 14.9. The van der Waals surface area contributed by atoms with Crippen molar-refractivity contribution in [1.29, 1.82) is 0 Å². The van der Waals surface area contributed by atoms with Gasteiger partial charge in [0.25, 0.3) is 0 Å². The third kappa shape index (κ3) is 5.54. The zero-order valence-corrected chi connectivity index (χ0v) is 15.9. The van der Waals surface area contributed by atoms with Crippen LogP contribution in [0.3, 0.4) is 0 Å². The second-order valence-electron chi connectivity index (χ2n) is 5.34. The van der Waals surface area contributed by atoms with Crippen molar-refractivity contribution in [3.8, 4) is 0 Å². The van der Waals surface area contributed by atoms with Crippen molar-refractivity contribution in [1.82, 2.24) is 4.90 Å². The summed E-state index contributed by atoms with van der Waals surface area (Å²) in [5.74, 6) is -0.521. The van der Waals surface area contributed by atoms with Crippen LogP contribution in [0.2, 0.25) is 0 Å². The third-order valence-corrected chi connectivity index (χ3v) is 5.42. The molecule has 0 spiro atoms. The summed E-state index contributed by atoms with van der Waals surface area (Å²) in [5.41, 5.74) is 1.43. The molecule has 1 N–H and O–H groups in total. The van der Waals surface area contributed by atoms with Crippen molar-refractivity contribution < 1.29 is 9.18 Å². The van der Waals surface area contributed by atoms with Crippen molar-refractivity contribution in [2.24, 2.45) is 0 Å². The minimum absolute atomic E-state index is 0.183. The van der Waals surface area contributed by atoms with Crippen LogP contribution >= 0.6 is 24.0 Å². The Morgan fingerprint density at radius 2 is 1.72 bits per heavy atom. The first-order chi connectivity index (χ1) is 12.0. The van der Waals surface area contributed by atoms with E-state index in [4.69, 9.17) is 12.2 Å². The lowest BCUT2D eigenvalue weighted by molar-refractivity contribution is -0.115. The summed E-state index contributed by atoms with van der Waals surface area (Å²) in [5, 5.41) is 2.37. The largest absolute Gasteiger partial charge is 0.358 e. The van der Waals surface area contributed by atoms with Crippen LogP contribution in [0, 0.1) is 5.82 Å². The van der Waals surface area contributed by atoms with E-state index in [-0.39, 0.29) is 11.7 Å². The van der Waals surface area contributed by atoms with Crippen LogP contribution in [0.1, 0.15) is 24.7 Å². The van der Waals surface area contributed by atoms with Gasteiger partial charge in [0.15, 0.2) is 0 Å². The van der Waals surface area contributed by atoms with Gasteiger partial charge in [-0.2, -0.15) is 0 Å². The van der Waals surface area contributed by atoms with E-state index in [1.54, 1.807) is 12.1 Å². The number of amides is 1. The van der Waals surface area contributed by atoms with Crippen molar-refractivity contribution >= 4 is 39.9 Å². The third-order valence-electron chi connectivity index (χ3n) is 3.69. The van der Waals surface area contributed by atoms with Crippen molar-refractivity contribution in [2.45, 2.75) is 19.1 Å². The highest BCUT2D eigenvalue weighted by Crippen LogP contribution is 2.32. The summed E-state index contributed by atoms with van der Waals surface area (Å²) in [6.07, 6.45) is 0. The lowest BCUT2D eigenvalue weighted by atomic mass is 10.1. The number of nitrogens with one attached hydrogen (secondary N) is 1. The van der Waals surface area contributed by atoms with Gasteiger partial charge in [-0.1, -0.05) is 54.3 Å². The molecule has 0 aromatic heterocycles. The summed E-state index contributed by atoms with van der Waals surface area (Å²) in [6, 6.07) is 15.3. The first-order valence-corrected chi connectivity index (χ1v) is 9.40. The van der Waals surface area contributed by atoms with Gasteiger partial charge >= 0.3 is 0 Å². The average Bonchev–Trinajstić information content (AvgIpc) is 2.63. The Morgan fingerprint density at radius 1 is 1.12 bits per heavy atom. The molecule has 0 radical (unpaired) electrons. The molecule has 6 heteroatoms. The number of anilines is 1. The van der Waals surface area contributed by atoms with Gasteiger partial charge in [0, 0.05) is 18.8 Å². The molecule has 0 bridgehead atoms. The zero-order chi connectivity index (χ0) is 18.2. The maximum absolute atomic E-state index is 13.0. The molecule has 25 heavy (non-hydrogen) atoms. The molecule has 2 rings (SSSR count). The molecule has 2 aromatic carbocycles. The minimum Gasteiger partial charge on any atom is -0.358 e. The van der Waals surface area contributed by atoms with Gasteiger partial charge in [0.1, 0.15) is 15.4 Å². The van der Waals surface area contributed by atoms with Crippen molar-refractivity contribution in [3.63, 3.8) is 0 Å². The summed E-state index contributed by atoms with van der Waals surface area (Å²) < 4.78 is 13.7. The molecule has 0 saturated heterocycles. The lowest BCUT2D eigenvalue weighted by Gasteiger charge is -2.24. The highest BCUT2D eigenvalue weighted by Gasteiger charge is 2.24. The number of rotatable bonds is 6. The number of hydrogen-bond donors (Lipinski definition) is 1. The summed E-state index contributed by atoms with van der Waals surface area (Å²) >= 11 is 6.87. The zero-order valence-electron chi connectivity index (χ0n) is 14.2. The molecule has 0 heterocycles. The summed E-state index contributed by atoms with van der Waals surface area (Å²) in [7, 11) is 0. The van der Waals surface area contributed by atoms with Gasteiger partial charge in [-0.25, -0.2) is 4.39 Å².